The van der Waals surface area contributed by atoms with Gasteiger partial charge in [0.05, 0.1) is 11.9 Å². The van der Waals surface area contributed by atoms with E-state index < -0.39 is 10.0 Å². The minimum Gasteiger partial charge on any atom is -0.265 e. The summed E-state index contributed by atoms with van der Waals surface area (Å²) >= 11 is 0. The first-order valence-corrected chi connectivity index (χ1v) is 4.93. The number of nitrogens with zero attached hydrogens (tertiary/aromatic N) is 2. The number of hydrogen-bond donors (Lipinski definition) is 0. The van der Waals surface area contributed by atoms with Gasteiger partial charge >= 0.3 is 0 Å². The van der Waals surface area contributed by atoms with Crippen LogP contribution in [-0.2, 0) is 10.0 Å². The van der Waals surface area contributed by atoms with Crippen molar-refractivity contribution < 1.29 is 12.9 Å². The average Bonchev–Trinajstić information content (AvgIpc) is 2.03. The molecule has 0 fully saturated rings. The fourth-order valence-corrected chi connectivity index (χ4v) is 1.16. The van der Waals surface area contributed by atoms with Gasteiger partial charge in [-0.2, -0.15) is 0 Å². The maximum atomic E-state index is 12.9. The third-order valence-corrected chi connectivity index (χ3v) is 1.95. The molecule has 1 heterocycles. The number of aromatic nitrogens is 1. The molecule has 0 spiro atoms. The van der Waals surface area contributed by atoms with Gasteiger partial charge in [0.25, 0.3) is 10.0 Å². The van der Waals surface area contributed by atoms with Gasteiger partial charge in [-0.1, -0.05) is 4.48 Å². The highest BCUT2D eigenvalue weighted by molar-refractivity contribution is 7.91. The Morgan fingerprint density at radius 2 is 1.92 bits per heavy atom. The van der Waals surface area contributed by atoms with Gasteiger partial charge in [-0.05, 0) is 12.1 Å². The summed E-state index contributed by atoms with van der Waals surface area (Å²) in [5.41, 5.74) is -0.0486. The molecule has 1 aromatic heterocycles. The molecular formula is C6H7FN2O2S. The van der Waals surface area contributed by atoms with E-state index in [0.29, 0.717) is 0 Å². The number of anilines is 1. The second kappa shape index (κ2) is 3.06. The summed E-state index contributed by atoms with van der Waals surface area (Å²) in [7, 11) is -3.82. The first-order valence-electron chi connectivity index (χ1n) is 3.08. The molecule has 0 bridgehead atoms. The third-order valence-electron chi connectivity index (χ3n) is 1.16. The Bertz CT molecular complexity index is 351. The molecule has 1 aromatic rings. The Labute approximate surface area is 69.6 Å². The molecular weight excluding hydrogens is 183 g/mol. The molecule has 0 aromatic carbocycles. The third kappa shape index (κ3) is 1.91. The van der Waals surface area contributed by atoms with Crippen LogP contribution in [0.2, 0.25) is 0 Å². The van der Waals surface area contributed by atoms with E-state index >= 15 is 0 Å². The zero-order chi connectivity index (χ0) is 9.19. The Balaban J connectivity index is 3.02. The van der Waals surface area contributed by atoms with Crippen LogP contribution >= 0.6 is 0 Å². The lowest BCUT2D eigenvalue weighted by molar-refractivity contribution is 0.498. The first-order chi connectivity index (χ1) is 5.52. The summed E-state index contributed by atoms with van der Waals surface area (Å²) in [6.45, 7) is 0. The summed E-state index contributed by atoms with van der Waals surface area (Å²) in [5, 5.41) is 0. The molecule has 0 aliphatic carbocycles. The summed E-state index contributed by atoms with van der Waals surface area (Å²) in [6.07, 6.45) is 3.41. The molecule has 66 valence electrons. The Kier molecular flexibility index (Phi) is 2.27. The summed E-state index contributed by atoms with van der Waals surface area (Å²) < 4.78 is 33.9. The second-order valence-electron chi connectivity index (χ2n) is 2.18. The zero-order valence-electron chi connectivity index (χ0n) is 6.31. The van der Waals surface area contributed by atoms with Gasteiger partial charge in [-0.15, -0.1) is 4.53 Å². The Morgan fingerprint density at radius 3 is 2.33 bits per heavy atom. The minimum atomic E-state index is -3.82. The van der Waals surface area contributed by atoms with E-state index in [-0.39, 0.29) is 10.2 Å². The summed E-state index contributed by atoms with van der Waals surface area (Å²) in [4.78, 5) is 3.62. The van der Waals surface area contributed by atoms with Crippen molar-refractivity contribution in [3.8, 4) is 0 Å². The molecule has 0 saturated heterocycles. The van der Waals surface area contributed by atoms with E-state index in [1.165, 1.54) is 24.5 Å². The molecule has 0 unspecified atom stereocenters. The minimum absolute atomic E-state index is 0.0486. The van der Waals surface area contributed by atoms with Crippen LogP contribution in [-0.4, -0.2) is 19.7 Å². The van der Waals surface area contributed by atoms with Crippen LogP contribution in [0.25, 0.3) is 0 Å². The maximum absolute atomic E-state index is 12.9. The van der Waals surface area contributed by atoms with Crippen molar-refractivity contribution in [2.45, 2.75) is 0 Å². The van der Waals surface area contributed by atoms with Gasteiger partial charge in [0.2, 0.25) is 0 Å². The van der Waals surface area contributed by atoms with Crippen LogP contribution < -0.4 is 4.53 Å². The van der Waals surface area contributed by atoms with E-state index in [1.807, 2.05) is 0 Å². The van der Waals surface area contributed by atoms with Gasteiger partial charge in [-0.25, -0.2) is 8.42 Å². The van der Waals surface area contributed by atoms with Crippen LogP contribution in [0.5, 0.6) is 0 Å². The fourth-order valence-electron chi connectivity index (χ4n) is 0.653. The van der Waals surface area contributed by atoms with Crippen LogP contribution in [0.3, 0.4) is 0 Å². The number of halogens is 1. The van der Waals surface area contributed by atoms with E-state index in [1.54, 1.807) is 0 Å². The topological polar surface area (TPSA) is 50.3 Å². The van der Waals surface area contributed by atoms with Gasteiger partial charge in [-0.3, -0.25) is 4.98 Å². The molecule has 0 N–H and O–H groups in total. The van der Waals surface area contributed by atoms with Crippen molar-refractivity contribution in [1.82, 2.24) is 4.98 Å². The van der Waals surface area contributed by atoms with Crippen LogP contribution in [0.1, 0.15) is 0 Å². The first kappa shape index (κ1) is 8.92. The smallest absolute Gasteiger partial charge is 0.258 e. The van der Waals surface area contributed by atoms with E-state index in [0.717, 1.165) is 6.26 Å². The van der Waals surface area contributed by atoms with Crippen molar-refractivity contribution in [2.24, 2.45) is 0 Å². The standard InChI is InChI=1S/C6H7FN2O2S/c1-12(10,11)9(7)6-2-4-8-5-3-6/h2-5H,1H3. The zero-order valence-corrected chi connectivity index (χ0v) is 7.12. The fraction of sp³-hybridized carbons (Fsp3) is 0.167. The lowest BCUT2D eigenvalue weighted by Crippen LogP contribution is -2.20. The predicted molar refractivity (Wildman–Crippen MR) is 42.7 cm³/mol. The summed E-state index contributed by atoms with van der Waals surface area (Å²) in [5.74, 6) is 0. The highest BCUT2D eigenvalue weighted by Gasteiger charge is 2.15. The lowest BCUT2D eigenvalue weighted by atomic mass is 10.4. The molecule has 0 aliphatic heterocycles. The highest BCUT2D eigenvalue weighted by Crippen LogP contribution is 2.15. The normalized spacial score (nSPS) is 11.2. The maximum Gasteiger partial charge on any atom is 0.258 e. The van der Waals surface area contributed by atoms with Gasteiger partial charge in [0.1, 0.15) is 0 Å². The molecule has 6 heteroatoms. The molecule has 12 heavy (non-hydrogen) atoms. The number of pyridine rings is 1. The number of sulfonamides is 1. The highest BCUT2D eigenvalue weighted by atomic mass is 32.2. The number of hydrogen-bond acceptors (Lipinski definition) is 3. The molecule has 0 saturated carbocycles. The molecule has 1 rings (SSSR count). The second-order valence-corrected chi connectivity index (χ2v) is 3.97. The van der Waals surface area contributed by atoms with Gasteiger partial charge < -0.3 is 0 Å². The van der Waals surface area contributed by atoms with Gasteiger partial charge in [0, 0.05) is 12.4 Å². The molecule has 4 nitrogen and oxygen atoms in total. The van der Waals surface area contributed by atoms with Crippen LogP contribution in [0.15, 0.2) is 24.5 Å². The Morgan fingerprint density at radius 1 is 1.42 bits per heavy atom. The monoisotopic (exact) mass is 190 g/mol. The van der Waals surface area contributed by atoms with Crippen LogP contribution in [0, 0.1) is 0 Å². The Hall–Kier alpha value is -1.17. The van der Waals surface area contributed by atoms with Gasteiger partial charge in [0.15, 0.2) is 0 Å². The lowest BCUT2D eigenvalue weighted by Gasteiger charge is -2.09. The predicted octanol–water partition coefficient (Wildman–Crippen LogP) is 0.732. The van der Waals surface area contributed by atoms with E-state index in [9.17, 15) is 12.9 Å². The quantitative estimate of drug-likeness (QED) is 0.646. The number of rotatable bonds is 2. The van der Waals surface area contributed by atoms with Crippen molar-refractivity contribution in [2.75, 3.05) is 10.8 Å². The molecule has 0 atom stereocenters. The van der Waals surface area contributed by atoms with Crippen LogP contribution in [0.4, 0.5) is 10.2 Å². The SMILES string of the molecule is CS(=O)(=O)N(F)c1ccncc1. The van der Waals surface area contributed by atoms with Crippen molar-refractivity contribution in [3.05, 3.63) is 24.5 Å². The largest absolute Gasteiger partial charge is 0.265 e. The van der Waals surface area contributed by atoms with E-state index in [2.05, 4.69) is 4.98 Å². The molecule has 0 amide bonds. The van der Waals surface area contributed by atoms with Crippen molar-refractivity contribution in [3.63, 3.8) is 0 Å². The van der Waals surface area contributed by atoms with E-state index in [4.69, 9.17) is 0 Å². The van der Waals surface area contributed by atoms with Crippen molar-refractivity contribution in [1.29, 1.82) is 0 Å². The molecule has 0 aliphatic rings. The average molecular weight is 190 g/mol. The molecule has 0 radical (unpaired) electrons. The summed E-state index contributed by atoms with van der Waals surface area (Å²) in [6, 6.07) is 2.53. The van der Waals surface area contributed by atoms with Crippen molar-refractivity contribution >= 4 is 15.7 Å².